The third kappa shape index (κ3) is 6.11. The van der Waals surface area contributed by atoms with Crippen LogP contribution in [0.5, 0.6) is 5.75 Å². The second-order valence-electron chi connectivity index (χ2n) is 11.7. The Kier molecular flexibility index (Phi) is 8.85. The standard InChI is InChI=1S/C35H36F3N5O4/c1-3-42-28-22-43(33(45)30(28)31(39-34(42)46)24-13-7-8-14-25(24)35(36,37)38)27(21-23-11-5-4-6-12-23)32(44)41-19-17-40(18-20-41)26-15-9-10-16-29(26)47-2/h4-16,27,31H,3,17-22H2,1-2H3,(H,39,46). The Labute approximate surface area is 271 Å². The van der Waals surface area contributed by atoms with Gasteiger partial charge in [0.1, 0.15) is 11.8 Å². The maximum atomic E-state index is 14.4. The second kappa shape index (κ2) is 13.0. The molecular weight excluding hydrogens is 611 g/mol. The molecule has 0 aliphatic carbocycles. The summed E-state index contributed by atoms with van der Waals surface area (Å²) in [6.45, 7) is 3.75. The van der Waals surface area contributed by atoms with E-state index in [1.54, 1.807) is 18.9 Å². The number of nitrogens with zero attached hydrogens (tertiary/aromatic N) is 4. The molecule has 6 rings (SSSR count). The molecule has 3 heterocycles. The molecule has 9 nitrogen and oxygen atoms in total. The van der Waals surface area contributed by atoms with Crippen molar-refractivity contribution in [2.24, 2.45) is 0 Å². The van der Waals surface area contributed by atoms with Gasteiger partial charge in [-0.25, -0.2) is 4.79 Å². The molecule has 1 saturated heterocycles. The van der Waals surface area contributed by atoms with Crippen LogP contribution in [0.3, 0.4) is 0 Å². The minimum Gasteiger partial charge on any atom is -0.495 e. The zero-order chi connectivity index (χ0) is 33.3. The van der Waals surface area contributed by atoms with Crippen LogP contribution in [0.25, 0.3) is 0 Å². The molecule has 12 heteroatoms. The molecule has 4 amide bonds. The molecule has 0 spiro atoms. The lowest BCUT2D eigenvalue weighted by molar-refractivity contribution is -0.143. The van der Waals surface area contributed by atoms with Crippen molar-refractivity contribution in [1.82, 2.24) is 20.0 Å². The van der Waals surface area contributed by atoms with Crippen molar-refractivity contribution in [2.75, 3.05) is 51.3 Å². The number of ether oxygens (including phenoxy) is 1. The first-order valence-corrected chi connectivity index (χ1v) is 15.6. The SMILES string of the molecule is CCN1C(=O)NC(c2ccccc2C(F)(F)F)C2=C1CN(C(Cc1ccccc1)C(=O)N1CCN(c3ccccc3OC)CC1)C2=O. The number of urea groups is 1. The molecule has 2 atom stereocenters. The van der Waals surface area contributed by atoms with E-state index < -0.39 is 35.8 Å². The zero-order valence-electron chi connectivity index (χ0n) is 26.2. The largest absolute Gasteiger partial charge is 0.495 e. The highest BCUT2D eigenvalue weighted by Crippen LogP contribution is 2.42. The van der Waals surface area contributed by atoms with Crippen LogP contribution in [-0.4, -0.2) is 85.0 Å². The van der Waals surface area contributed by atoms with Crippen molar-refractivity contribution >= 4 is 23.5 Å². The van der Waals surface area contributed by atoms with E-state index >= 15 is 0 Å². The second-order valence-corrected chi connectivity index (χ2v) is 11.7. The Morgan fingerprint density at radius 2 is 1.60 bits per heavy atom. The van der Waals surface area contributed by atoms with Crippen molar-refractivity contribution < 1.29 is 32.3 Å². The molecule has 0 saturated carbocycles. The Balaban J connectivity index is 1.32. The molecule has 0 bridgehead atoms. The minimum atomic E-state index is -4.71. The number of benzene rings is 3. The van der Waals surface area contributed by atoms with Gasteiger partial charge in [-0.3, -0.25) is 14.5 Å². The zero-order valence-corrected chi connectivity index (χ0v) is 26.2. The molecule has 2 unspecified atom stereocenters. The molecule has 246 valence electrons. The van der Waals surface area contributed by atoms with Gasteiger partial charge in [0.2, 0.25) is 5.91 Å². The van der Waals surface area contributed by atoms with Crippen molar-refractivity contribution in [3.05, 3.63) is 107 Å². The molecule has 1 N–H and O–H groups in total. The predicted octanol–water partition coefficient (Wildman–Crippen LogP) is 4.86. The third-order valence-corrected chi connectivity index (χ3v) is 9.09. The normalized spacial score (nSPS) is 19.1. The average molecular weight is 648 g/mol. The Bertz CT molecular complexity index is 1690. The van der Waals surface area contributed by atoms with Gasteiger partial charge in [0, 0.05) is 39.1 Å². The number of carbonyl (C=O) groups excluding carboxylic acids is 3. The van der Waals surface area contributed by atoms with E-state index in [4.69, 9.17) is 4.74 Å². The summed E-state index contributed by atoms with van der Waals surface area (Å²) in [4.78, 5) is 48.7. The van der Waals surface area contributed by atoms with Crippen LogP contribution >= 0.6 is 0 Å². The van der Waals surface area contributed by atoms with Crippen LogP contribution in [0.2, 0.25) is 0 Å². The van der Waals surface area contributed by atoms with Crippen LogP contribution in [0.1, 0.15) is 29.7 Å². The molecule has 1 fully saturated rings. The number of hydrogen-bond donors (Lipinski definition) is 1. The maximum Gasteiger partial charge on any atom is 0.416 e. The lowest BCUT2D eigenvalue weighted by Crippen LogP contribution is -2.56. The lowest BCUT2D eigenvalue weighted by atomic mass is 9.91. The number of carbonyl (C=O) groups is 3. The van der Waals surface area contributed by atoms with Gasteiger partial charge in [-0.1, -0.05) is 60.7 Å². The summed E-state index contributed by atoms with van der Waals surface area (Å²) in [7, 11) is 1.61. The Morgan fingerprint density at radius 3 is 2.28 bits per heavy atom. The van der Waals surface area contributed by atoms with Gasteiger partial charge in [-0.15, -0.1) is 0 Å². The number of alkyl halides is 3. The molecule has 3 aromatic rings. The summed E-state index contributed by atoms with van der Waals surface area (Å²) in [5.41, 5.74) is 0.974. The van der Waals surface area contributed by atoms with Crippen molar-refractivity contribution in [3.63, 3.8) is 0 Å². The number of para-hydroxylation sites is 2. The average Bonchev–Trinajstić information content (AvgIpc) is 3.42. The van der Waals surface area contributed by atoms with Gasteiger partial charge in [-0.2, -0.15) is 13.2 Å². The fourth-order valence-corrected chi connectivity index (χ4v) is 6.78. The van der Waals surface area contributed by atoms with E-state index in [1.807, 2.05) is 54.6 Å². The van der Waals surface area contributed by atoms with Crippen molar-refractivity contribution in [1.29, 1.82) is 0 Å². The van der Waals surface area contributed by atoms with Crippen LogP contribution in [-0.2, 0) is 22.2 Å². The van der Waals surface area contributed by atoms with Gasteiger partial charge < -0.3 is 24.8 Å². The van der Waals surface area contributed by atoms with Crippen LogP contribution in [0, 0.1) is 0 Å². The van der Waals surface area contributed by atoms with Gasteiger partial charge in [0.15, 0.2) is 0 Å². The number of amides is 4. The highest BCUT2D eigenvalue weighted by atomic mass is 19.4. The van der Waals surface area contributed by atoms with E-state index in [1.165, 1.54) is 28.0 Å². The van der Waals surface area contributed by atoms with E-state index in [0.717, 1.165) is 23.1 Å². The van der Waals surface area contributed by atoms with Gasteiger partial charge in [0.25, 0.3) is 5.91 Å². The fourth-order valence-electron chi connectivity index (χ4n) is 6.78. The molecule has 47 heavy (non-hydrogen) atoms. The number of likely N-dealkylation sites (N-methyl/N-ethyl adjacent to an activating group) is 1. The highest BCUT2D eigenvalue weighted by Gasteiger charge is 2.49. The Morgan fingerprint density at radius 1 is 0.936 bits per heavy atom. The molecule has 0 aromatic heterocycles. The first-order chi connectivity index (χ1) is 22.6. The third-order valence-electron chi connectivity index (χ3n) is 9.09. The van der Waals surface area contributed by atoms with Crippen molar-refractivity contribution in [3.8, 4) is 5.75 Å². The van der Waals surface area contributed by atoms with Crippen LogP contribution in [0.4, 0.5) is 23.7 Å². The fraction of sp³-hybridized carbons (Fsp3) is 0.343. The van der Waals surface area contributed by atoms with E-state index in [-0.39, 0.29) is 36.6 Å². The summed E-state index contributed by atoms with van der Waals surface area (Å²) < 4.78 is 47.9. The molecule has 0 radical (unpaired) electrons. The number of nitrogens with one attached hydrogen (secondary N) is 1. The van der Waals surface area contributed by atoms with Crippen LogP contribution < -0.4 is 15.0 Å². The summed E-state index contributed by atoms with van der Waals surface area (Å²) >= 11 is 0. The summed E-state index contributed by atoms with van der Waals surface area (Å²) in [6, 6.07) is 19.1. The summed E-state index contributed by atoms with van der Waals surface area (Å²) in [5, 5.41) is 2.65. The first kappa shape index (κ1) is 32.0. The van der Waals surface area contributed by atoms with Gasteiger partial charge >= 0.3 is 12.2 Å². The summed E-state index contributed by atoms with van der Waals surface area (Å²) in [5.74, 6) is -0.0856. The number of piperazine rings is 1. The molecule has 3 aliphatic heterocycles. The van der Waals surface area contributed by atoms with Crippen LogP contribution in [0.15, 0.2) is 90.1 Å². The minimum absolute atomic E-state index is 0.0509. The topological polar surface area (TPSA) is 85.4 Å². The number of halogens is 3. The number of methoxy groups -OCH3 is 1. The first-order valence-electron chi connectivity index (χ1n) is 15.6. The predicted molar refractivity (Wildman–Crippen MR) is 170 cm³/mol. The lowest BCUT2D eigenvalue weighted by Gasteiger charge is -2.39. The smallest absolute Gasteiger partial charge is 0.416 e. The van der Waals surface area contributed by atoms with E-state index in [0.29, 0.717) is 31.9 Å². The number of hydrogen-bond acceptors (Lipinski definition) is 5. The van der Waals surface area contributed by atoms with Gasteiger partial charge in [-0.05, 0) is 36.2 Å². The molecular formula is C35H36F3N5O4. The van der Waals surface area contributed by atoms with E-state index in [9.17, 15) is 27.6 Å². The van der Waals surface area contributed by atoms with Gasteiger partial charge in [0.05, 0.1) is 42.2 Å². The maximum absolute atomic E-state index is 14.4. The van der Waals surface area contributed by atoms with E-state index in [2.05, 4.69) is 10.2 Å². The summed E-state index contributed by atoms with van der Waals surface area (Å²) in [6.07, 6.45) is -4.50. The number of anilines is 1. The monoisotopic (exact) mass is 647 g/mol. The highest BCUT2D eigenvalue weighted by molar-refractivity contribution is 6.03. The molecule has 3 aliphatic rings. The quantitative estimate of drug-likeness (QED) is 0.378. The Hall–Kier alpha value is -5.00. The molecule has 3 aromatic carbocycles. The van der Waals surface area contributed by atoms with Crippen molar-refractivity contribution in [2.45, 2.75) is 31.6 Å². The number of rotatable bonds is 8.